The monoisotopic (exact) mass is 242 g/mol. The van der Waals surface area contributed by atoms with Crippen molar-refractivity contribution in [1.29, 1.82) is 0 Å². The molecule has 0 rings (SSSR count). The summed E-state index contributed by atoms with van der Waals surface area (Å²) in [5, 5.41) is 0.234. The Labute approximate surface area is 101 Å². The molecule has 0 saturated carbocycles. The second-order valence-corrected chi connectivity index (χ2v) is 11.3. The van der Waals surface area contributed by atoms with Gasteiger partial charge in [0.1, 0.15) is 6.29 Å². The Morgan fingerprint density at radius 3 is 2.00 bits per heavy atom. The fourth-order valence-corrected chi connectivity index (χ4v) is 2.10. The van der Waals surface area contributed by atoms with E-state index >= 15 is 0 Å². The Morgan fingerprint density at radius 2 is 1.62 bits per heavy atom. The minimum absolute atomic E-state index is 0.0730. The summed E-state index contributed by atoms with van der Waals surface area (Å²) in [6, 6.07) is 0. The van der Waals surface area contributed by atoms with Crippen molar-refractivity contribution in [3.05, 3.63) is 12.2 Å². The highest BCUT2D eigenvalue weighted by atomic mass is 28.4. The first-order chi connectivity index (χ1) is 7.02. The predicted octanol–water partition coefficient (Wildman–Crippen LogP) is 3.79. The van der Waals surface area contributed by atoms with E-state index in [0.29, 0.717) is 6.61 Å². The zero-order chi connectivity index (χ0) is 13.0. The first-order valence-electron chi connectivity index (χ1n) is 5.79. The van der Waals surface area contributed by atoms with Crippen LogP contribution in [0, 0.1) is 5.41 Å². The summed E-state index contributed by atoms with van der Waals surface area (Å²) < 4.78 is 6.13. The van der Waals surface area contributed by atoms with Gasteiger partial charge in [-0.1, -0.05) is 40.7 Å². The largest absolute Gasteiger partial charge is 0.416 e. The maximum atomic E-state index is 10.3. The number of aldehydes is 1. The van der Waals surface area contributed by atoms with Gasteiger partial charge >= 0.3 is 0 Å². The lowest BCUT2D eigenvalue weighted by Crippen LogP contribution is -2.42. The third kappa shape index (κ3) is 5.08. The molecule has 0 atom stereocenters. The standard InChI is InChI=1S/C13H26O2Si/c1-12(2,3)16(6,7)15-11-13(4,5)9-8-10-14/h8-10H,11H2,1-7H3/b9-8+. The van der Waals surface area contributed by atoms with Crippen LogP contribution in [0.15, 0.2) is 12.2 Å². The smallest absolute Gasteiger partial charge is 0.192 e. The summed E-state index contributed by atoms with van der Waals surface area (Å²) >= 11 is 0. The molecule has 0 radical (unpaired) electrons. The highest BCUT2D eigenvalue weighted by Gasteiger charge is 2.38. The molecule has 3 heteroatoms. The van der Waals surface area contributed by atoms with Gasteiger partial charge in [-0.15, -0.1) is 0 Å². The molecule has 0 aliphatic carbocycles. The first-order valence-corrected chi connectivity index (χ1v) is 8.70. The number of hydrogen-bond donors (Lipinski definition) is 0. The van der Waals surface area contributed by atoms with Gasteiger partial charge < -0.3 is 4.43 Å². The highest BCUT2D eigenvalue weighted by molar-refractivity contribution is 6.74. The van der Waals surface area contributed by atoms with Gasteiger partial charge in [0.2, 0.25) is 0 Å². The molecule has 2 nitrogen and oxygen atoms in total. The Hall–Kier alpha value is -0.413. The van der Waals surface area contributed by atoms with Gasteiger partial charge in [-0.2, -0.15) is 0 Å². The van der Waals surface area contributed by atoms with E-state index in [4.69, 9.17) is 4.43 Å². The Bertz CT molecular complexity index is 260. The van der Waals surface area contributed by atoms with Crippen molar-refractivity contribution < 1.29 is 9.22 Å². The van der Waals surface area contributed by atoms with Gasteiger partial charge in [-0.05, 0) is 24.2 Å². The van der Waals surface area contributed by atoms with Crippen molar-refractivity contribution >= 4 is 14.6 Å². The fourth-order valence-electron chi connectivity index (χ4n) is 0.931. The van der Waals surface area contributed by atoms with E-state index in [2.05, 4.69) is 47.7 Å². The Balaban J connectivity index is 4.45. The van der Waals surface area contributed by atoms with Crippen LogP contribution in [0.25, 0.3) is 0 Å². The maximum absolute atomic E-state index is 10.3. The van der Waals surface area contributed by atoms with Crippen LogP contribution in [0.1, 0.15) is 34.6 Å². The summed E-state index contributed by atoms with van der Waals surface area (Å²) in [6.07, 6.45) is 4.27. The average molecular weight is 242 g/mol. The topological polar surface area (TPSA) is 26.3 Å². The Kier molecular flexibility index (Phi) is 5.14. The molecule has 0 bridgehead atoms. The van der Waals surface area contributed by atoms with E-state index in [1.807, 2.05) is 6.08 Å². The van der Waals surface area contributed by atoms with Crippen molar-refractivity contribution in [3.63, 3.8) is 0 Å². The highest BCUT2D eigenvalue weighted by Crippen LogP contribution is 2.37. The molecular formula is C13H26O2Si. The number of carbonyl (C=O) groups is 1. The predicted molar refractivity (Wildman–Crippen MR) is 72.1 cm³/mol. The van der Waals surface area contributed by atoms with Gasteiger partial charge in [0.15, 0.2) is 8.32 Å². The maximum Gasteiger partial charge on any atom is 0.192 e. The zero-order valence-electron chi connectivity index (χ0n) is 11.8. The lowest BCUT2D eigenvalue weighted by molar-refractivity contribution is -0.104. The summed E-state index contributed by atoms with van der Waals surface area (Å²) in [6.45, 7) is 16.0. The second kappa shape index (κ2) is 5.28. The van der Waals surface area contributed by atoms with Crippen LogP contribution in [0.4, 0.5) is 0 Å². The number of allylic oxidation sites excluding steroid dienone is 1. The normalized spacial score (nSPS) is 14.4. The molecule has 0 unspecified atom stereocenters. The fraction of sp³-hybridized carbons (Fsp3) is 0.769. The number of rotatable bonds is 5. The van der Waals surface area contributed by atoms with E-state index < -0.39 is 8.32 Å². The minimum atomic E-state index is -1.68. The van der Waals surface area contributed by atoms with Gasteiger partial charge in [0.05, 0.1) is 0 Å². The van der Waals surface area contributed by atoms with Gasteiger partial charge in [0.25, 0.3) is 0 Å². The molecule has 0 amide bonds. The molecular weight excluding hydrogens is 216 g/mol. The summed E-state index contributed by atoms with van der Waals surface area (Å²) in [5.41, 5.74) is -0.0730. The number of carbonyl (C=O) groups excluding carboxylic acids is 1. The second-order valence-electron chi connectivity index (χ2n) is 6.53. The summed E-state index contributed by atoms with van der Waals surface area (Å²) in [5.74, 6) is 0. The molecule has 0 aliphatic heterocycles. The van der Waals surface area contributed by atoms with Crippen molar-refractivity contribution in [3.8, 4) is 0 Å². The molecule has 0 fully saturated rings. The van der Waals surface area contributed by atoms with Crippen molar-refractivity contribution in [1.82, 2.24) is 0 Å². The van der Waals surface area contributed by atoms with Gasteiger partial charge in [-0.25, -0.2) is 0 Å². The van der Waals surface area contributed by atoms with Crippen LogP contribution in [0.2, 0.25) is 18.1 Å². The average Bonchev–Trinajstić information content (AvgIpc) is 2.10. The van der Waals surface area contributed by atoms with Crippen molar-refractivity contribution in [2.24, 2.45) is 5.41 Å². The van der Waals surface area contributed by atoms with E-state index in [1.54, 1.807) is 6.08 Å². The lowest BCUT2D eigenvalue weighted by atomic mass is 9.95. The van der Waals surface area contributed by atoms with E-state index in [1.165, 1.54) is 0 Å². The minimum Gasteiger partial charge on any atom is -0.416 e. The van der Waals surface area contributed by atoms with E-state index in [-0.39, 0.29) is 10.5 Å². The quantitative estimate of drug-likeness (QED) is 0.416. The zero-order valence-corrected chi connectivity index (χ0v) is 12.8. The number of hydrogen-bond acceptors (Lipinski definition) is 2. The van der Waals surface area contributed by atoms with Crippen LogP contribution in [0.3, 0.4) is 0 Å². The van der Waals surface area contributed by atoms with Crippen LogP contribution in [-0.2, 0) is 9.22 Å². The molecule has 0 aliphatic rings. The Morgan fingerprint density at radius 1 is 1.12 bits per heavy atom. The molecule has 0 heterocycles. The molecule has 0 saturated heterocycles. The van der Waals surface area contributed by atoms with Crippen LogP contribution in [0.5, 0.6) is 0 Å². The van der Waals surface area contributed by atoms with Crippen molar-refractivity contribution in [2.75, 3.05) is 6.61 Å². The first kappa shape index (κ1) is 15.6. The van der Waals surface area contributed by atoms with Gasteiger partial charge in [0, 0.05) is 12.0 Å². The molecule has 0 N–H and O–H groups in total. The van der Waals surface area contributed by atoms with Gasteiger partial charge in [-0.3, -0.25) is 4.79 Å². The molecule has 0 aromatic heterocycles. The summed E-state index contributed by atoms with van der Waals surface area (Å²) in [4.78, 5) is 10.3. The van der Waals surface area contributed by atoms with E-state index in [9.17, 15) is 4.79 Å². The third-order valence-corrected chi connectivity index (χ3v) is 7.72. The third-order valence-electron chi connectivity index (χ3n) is 3.24. The van der Waals surface area contributed by atoms with Crippen molar-refractivity contribution in [2.45, 2.75) is 52.8 Å². The molecule has 0 aromatic rings. The van der Waals surface area contributed by atoms with Crippen LogP contribution in [-0.4, -0.2) is 21.2 Å². The summed E-state index contributed by atoms with van der Waals surface area (Å²) in [7, 11) is -1.68. The van der Waals surface area contributed by atoms with E-state index in [0.717, 1.165) is 6.29 Å². The molecule has 16 heavy (non-hydrogen) atoms. The molecule has 0 spiro atoms. The molecule has 0 aromatic carbocycles. The SMILES string of the molecule is CC(C)(/C=C/C=O)CO[Si](C)(C)C(C)(C)C. The molecule has 94 valence electrons. The lowest BCUT2D eigenvalue weighted by Gasteiger charge is -2.38. The van der Waals surface area contributed by atoms with Crippen LogP contribution >= 0.6 is 0 Å². The van der Waals surface area contributed by atoms with Crippen LogP contribution < -0.4 is 0 Å².